The van der Waals surface area contributed by atoms with E-state index in [-0.39, 0.29) is 5.92 Å². The lowest BCUT2D eigenvalue weighted by atomic mass is 9.76. The Labute approximate surface area is 193 Å². The molecular formula is C28H32F4O. The summed E-state index contributed by atoms with van der Waals surface area (Å²) in [4.78, 5) is 0. The highest BCUT2D eigenvalue weighted by molar-refractivity contribution is 5.41. The van der Waals surface area contributed by atoms with Crippen LogP contribution >= 0.6 is 0 Å². The second kappa shape index (κ2) is 10.3. The third-order valence-corrected chi connectivity index (χ3v) is 7.41. The zero-order chi connectivity index (χ0) is 23.4. The van der Waals surface area contributed by atoms with Gasteiger partial charge in [0.25, 0.3) is 0 Å². The van der Waals surface area contributed by atoms with E-state index in [1.54, 1.807) is 0 Å². The number of ether oxygens (including phenoxy) is 1. The predicted molar refractivity (Wildman–Crippen MR) is 123 cm³/mol. The largest absolute Gasteiger partial charge is 0.573 e. The van der Waals surface area contributed by atoms with Gasteiger partial charge in [-0.15, -0.1) is 13.2 Å². The van der Waals surface area contributed by atoms with Gasteiger partial charge in [-0.2, -0.15) is 0 Å². The van der Waals surface area contributed by atoms with Crippen molar-refractivity contribution in [3.05, 3.63) is 76.6 Å². The maximum Gasteiger partial charge on any atom is 0.573 e. The van der Waals surface area contributed by atoms with Crippen LogP contribution in [0.2, 0.25) is 0 Å². The van der Waals surface area contributed by atoms with E-state index in [2.05, 4.69) is 48.1 Å². The molecule has 0 saturated heterocycles. The molecule has 0 N–H and O–H groups in total. The average molecular weight is 461 g/mol. The van der Waals surface area contributed by atoms with E-state index in [0.717, 1.165) is 23.5 Å². The van der Waals surface area contributed by atoms with Crippen molar-refractivity contribution in [3.8, 4) is 5.75 Å². The number of hydrogen-bond donors (Lipinski definition) is 0. The van der Waals surface area contributed by atoms with Gasteiger partial charge in [-0.05, 0) is 117 Å². The number of aryl methyl sites for hydroxylation is 1. The van der Waals surface area contributed by atoms with E-state index in [0.29, 0.717) is 18.8 Å². The SMILES string of the molecule is C/C=C/CCC1CCC(c2ccc(C3CCc4cc(OC(F)(F)F)c(F)cc4C3)cc2)CC1. The molecule has 178 valence electrons. The molecule has 5 heteroatoms. The summed E-state index contributed by atoms with van der Waals surface area (Å²) >= 11 is 0. The van der Waals surface area contributed by atoms with Gasteiger partial charge in [0.1, 0.15) is 0 Å². The topological polar surface area (TPSA) is 9.23 Å². The highest BCUT2D eigenvalue weighted by atomic mass is 19.4. The molecule has 1 saturated carbocycles. The number of rotatable bonds is 6. The average Bonchev–Trinajstić information content (AvgIpc) is 2.79. The zero-order valence-corrected chi connectivity index (χ0v) is 19.1. The minimum absolute atomic E-state index is 0.252. The number of fused-ring (bicyclic) bond motifs is 1. The van der Waals surface area contributed by atoms with Crippen molar-refractivity contribution in [2.75, 3.05) is 0 Å². The minimum atomic E-state index is -4.89. The van der Waals surface area contributed by atoms with Crippen molar-refractivity contribution in [1.29, 1.82) is 0 Å². The lowest BCUT2D eigenvalue weighted by Gasteiger charge is -2.29. The summed E-state index contributed by atoms with van der Waals surface area (Å²) in [7, 11) is 0. The molecule has 0 amide bonds. The third-order valence-electron chi connectivity index (χ3n) is 7.41. The van der Waals surface area contributed by atoms with Crippen LogP contribution in [0.25, 0.3) is 0 Å². The van der Waals surface area contributed by atoms with Crippen LogP contribution in [-0.4, -0.2) is 6.36 Å². The Bertz CT molecular complexity index is 953. The lowest BCUT2D eigenvalue weighted by molar-refractivity contribution is -0.275. The molecule has 1 atom stereocenters. The van der Waals surface area contributed by atoms with Crippen molar-refractivity contribution in [2.24, 2.45) is 5.92 Å². The maximum atomic E-state index is 14.2. The number of alkyl halides is 3. The number of allylic oxidation sites excluding steroid dienone is 2. The summed E-state index contributed by atoms with van der Waals surface area (Å²) in [6.07, 6.45) is 9.17. The van der Waals surface area contributed by atoms with Gasteiger partial charge in [0.15, 0.2) is 11.6 Å². The summed E-state index contributed by atoms with van der Waals surface area (Å²) in [6.45, 7) is 2.08. The fourth-order valence-electron chi connectivity index (χ4n) is 5.57. The van der Waals surface area contributed by atoms with Gasteiger partial charge in [-0.3, -0.25) is 0 Å². The van der Waals surface area contributed by atoms with Gasteiger partial charge >= 0.3 is 6.36 Å². The molecule has 2 aliphatic carbocycles. The van der Waals surface area contributed by atoms with E-state index in [9.17, 15) is 17.6 Å². The highest BCUT2D eigenvalue weighted by Gasteiger charge is 2.33. The molecule has 2 aliphatic rings. The van der Waals surface area contributed by atoms with Crippen LogP contribution in [0.4, 0.5) is 17.6 Å². The first kappa shape index (κ1) is 23.8. The molecule has 1 nitrogen and oxygen atoms in total. The van der Waals surface area contributed by atoms with E-state index < -0.39 is 17.9 Å². The predicted octanol–water partition coefficient (Wildman–Crippen LogP) is 8.63. The van der Waals surface area contributed by atoms with E-state index in [4.69, 9.17) is 0 Å². The van der Waals surface area contributed by atoms with Crippen molar-refractivity contribution in [3.63, 3.8) is 0 Å². The van der Waals surface area contributed by atoms with Crippen LogP contribution in [0.3, 0.4) is 0 Å². The van der Waals surface area contributed by atoms with Gasteiger partial charge in [-0.1, -0.05) is 36.4 Å². The molecule has 1 unspecified atom stereocenters. The normalized spacial score (nSPS) is 23.5. The Balaban J connectivity index is 1.36. The zero-order valence-electron chi connectivity index (χ0n) is 19.1. The smallest absolute Gasteiger partial charge is 0.403 e. The lowest BCUT2D eigenvalue weighted by Crippen LogP contribution is -2.19. The molecule has 0 bridgehead atoms. The van der Waals surface area contributed by atoms with E-state index >= 15 is 0 Å². The second-order valence-electron chi connectivity index (χ2n) is 9.57. The van der Waals surface area contributed by atoms with Gasteiger partial charge in [-0.25, -0.2) is 4.39 Å². The van der Waals surface area contributed by atoms with Crippen LogP contribution in [0.1, 0.15) is 86.0 Å². The van der Waals surface area contributed by atoms with E-state index in [1.807, 2.05) is 0 Å². The van der Waals surface area contributed by atoms with Crippen LogP contribution in [-0.2, 0) is 12.8 Å². The Hall–Kier alpha value is -2.30. The van der Waals surface area contributed by atoms with Gasteiger partial charge in [0, 0.05) is 0 Å². The Morgan fingerprint density at radius 3 is 2.21 bits per heavy atom. The molecule has 2 aromatic rings. The molecule has 33 heavy (non-hydrogen) atoms. The molecule has 0 heterocycles. The molecule has 4 rings (SSSR count). The molecule has 0 aliphatic heterocycles. The Kier molecular flexibility index (Phi) is 7.45. The standard InChI is InChI=1S/C28H32F4O/c1-2-3-4-5-19-6-8-20(9-7-19)21-10-12-22(13-11-21)23-14-15-24-18-27(33-28(30,31)32)26(29)17-25(24)16-23/h2-3,10-13,17-20,23H,4-9,14-16H2,1H3/b3-2+. The van der Waals surface area contributed by atoms with Crippen molar-refractivity contribution >= 4 is 0 Å². The maximum absolute atomic E-state index is 14.2. The highest BCUT2D eigenvalue weighted by Crippen LogP contribution is 2.40. The number of hydrogen-bond acceptors (Lipinski definition) is 1. The van der Waals surface area contributed by atoms with Crippen LogP contribution in [0.5, 0.6) is 5.75 Å². The van der Waals surface area contributed by atoms with Crippen molar-refractivity contribution in [1.82, 2.24) is 0 Å². The molecule has 0 radical (unpaired) electrons. The third kappa shape index (κ3) is 6.18. The van der Waals surface area contributed by atoms with Crippen LogP contribution in [0.15, 0.2) is 48.6 Å². The molecule has 0 spiro atoms. The minimum Gasteiger partial charge on any atom is -0.403 e. The summed E-state index contributed by atoms with van der Waals surface area (Å²) in [5.41, 5.74) is 4.15. The summed E-state index contributed by atoms with van der Waals surface area (Å²) in [6, 6.07) is 11.3. The molecular weight excluding hydrogens is 428 g/mol. The van der Waals surface area contributed by atoms with E-state index in [1.165, 1.54) is 61.8 Å². The first-order chi connectivity index (χ1) is 15.8. The first-order valence-corrected chi connectivity index (χ1v) is 12.1. The molecule has 2 aromatic carbocycles. The van der Waals surface area contributed by atoms with Crippen molar-refractivity contribution < 1.29 is 22.3 Å². The van der Waals surface area contributed by atoms with Gasteiger partial charge in [0.2, 0.25) is 0 Å². The fourth-order valence-corrected chi connectivity index (χ4v) is 5.57. The fraction of sp³-hybridized carbons (Fsp3) is 0.500. The Morgan fingerprint density at radius 1 is 0.909 bits per heavy atom. The van der Waals surface area contributed by atoms with Gasteiger partial charge in [0.05, 0.1) is 0 Å². The second-order valence-corrected chi connectivity index (χ2v) is 9.57. The summed E-state index contributed by atoms with van der Waals surface area (Å²) < 4.78 is 55.5. The molecule has 1 fully saturated rings. The van der Waals surface area contributed by atoms with Crippen LogP contribution < -0.4 is 4.74 Å². The van der Waals surface area contributed by atoms with Crippen molar-refractivity contribution in [2.45, 2.75) is 82.9 Å². The number of halogens is 4. The first-order valence-electron chi connectivity index (χ1n) is 12.1. The Morgan fingerprint density at radius 2 is 1.58 bits per heavy atom. The quantitative estimate of drug-likeness (QED) is 0.310. The monoisotopic (exact) mass is 460 g/mol. The summed E-state index contributed by atoms with van der Waals surface area (Å²) in [5.74, 6) is 0.0402. The summed E-state index contributed by atoms with van der Waals surface area (Å²) in [5, 5.41) is 0. The van der Waals surface area contributed by atoms with Gasteiger partial charge < -0.3 is 4.74 Å². The van der Waals surface area contributed by atoms with Crippen LogP contribution in [0, 0.1) is 11.7 Å². The molecule has 0 aromatic heterocycles. The number of benzene rings is 2.